The normalized spacial score (nSPS) is 11.8. The molecule has 3 rings (SSSR count). The number of nitrogens with one attached hydrogen (secondary N) is 1. The lowest BCUT2D eigenvalue weighted by atomic mass is 10.2. The molecule has 0 atom stereocenters. The summed E-state index contributed by atoms with van der Waals surface area (Å²) in [6, 6.07) is 12.0. The summed E-state index contributed by atoms with van der Waals surface area (Å²) in [6.45, 7) is 3.40. The summed E-state index contributed by atoms with van der Waals surface area (Å²) < 4.78 is 33.5. The van der Waals surface area contributed by atoms with Gasteiger partial charge in [-0.2, -0.15) is 0 Å². The Morgan fingerprint density at radius 2 is 1.91 bits per heavy atom. The molecule has 0 saturated heterocycles. The van der Waals surface area contributed by atoms with Gasteiger partial charge in [-0.1, -0.05) is 11.6 Å². The predicted octanol–water partition coefficient (Wildman–Crippen LogP) is 3.09. The largest absolute Gasteiger partial charge is 0.492 e. The first-order valence-electron chi connectivity index (χ1n) is 10.3. The highest BCUT2D eigenvalue weighted by Crippen LogP contribution is 2.23. The zero-order valence-corrected chi connectivity index (χ0v) is 19.9. The van der Waals surface area contributed by atoms with Crippen LogP contribution in [0, 0.1) is 0 Å². The van der Waals surface area contributed by atoms with Crippen LogP contribution in [0.15, 0.2) is 47.4 Å². The van der Waals surface area contributed by atoms with Crippen LogP contribution in [0.5, 0.6) is 5.75 Å². The Labute approximate surface area is 193 Å². The molecule has 2 aromatic carbocycles. The number of aromatic nitrogens is 2. The molecule has 0 unspecified atom stereocenters. The Balaban J connectivity index is 1.58. The number of amides is 1. The number of ether oxygens (including phenoxy) is 1. The molecule has 8 nitrogen and oxygen atoms in total. The van der Waals surface area contributed by atoms with Gasteiger partial charge in [0.25, 0.3) is 0 Å². The fourth-order valence-electron chi connectivity index (χ4n) is 3.28. The molecule has 1 N–H and O–H groups in total. The molecular weight excluding hydrogens is 452 g/mol. The topological polar surface area (TPSA) is 93.5 Å². The fraction of sp³-hybridized carbons (Fsp3) is 0.364. The van der Waals surface area contributed by atoms with Gasteiger partial charge in [-0.05, 0) is 49.4 Å². The number of aryl methyl sites for hydroxylation is 2. The predicted molar refractivity (Wildman–Crippen MR) is 125 cm³/mol. The first kappa shape index (κ1) is 24.0. The van der Waals surface area contributed by atoms with E-state index in [-0.39, 0.29) is 17.2 Å². The molecule has 0 saturated carbocycles. The zero-order valence-electron chi connectivity index (χ0n) is 18.3. The maximum Gasteiger partial charge on any atom is 0.242 e. The van der Waals surface area contributed by atoms with Crippen LogP contribution in [0.25, 0.3) is 11.0 Å². The molecule has 0 aliphatic carbocycles. The molecule has 10 heteroatoms. The van der Waals surface area contributed by atoms with E-state index < -0.39 is 10.0 Å². The lowest BCUT2D eigenvalue weighted by Crippen LogP contribution is -2.28. The zero-order chi connectivity index (χ0) is 23.3. The minimum absolute atomic E-state index is 0.102. The van der Waals surface area contributed by atoms with Crippen molar-refractivity contribution in [1.82, 2.24) is 19.2 Å². The summed E-state index contributed by atoms with van der Waals surface area (Å²) >= 11 is 5.84. The molecule has 1 amide bonds. The number of hydrogen-bond donors (Lipinski definition) is 1. The van der Waals surface area contributed by atoms with Gasteiger partial charge in [-0.15, -0.1) is 0 Å². The average molecular weight is 479 g/mol. The van der Waals surface area contributed by atoms with Crippen LogP contribution in [-0.2, 0) is 27.8 Å². The summed E-state index contributed by atoms with van der Waals surface area (Å²) in [5, 5.41) is 3.47. The van der Waals surface area contributed by atoms with Gasteiger partial charge in [0.05, 0.1) is 22.5 Å². The highest BCUT2D eigenvalue weighted by Gasteiger charge is 2.19. The molecule has 0 radical (unpaired) electrons. The molecule has 0 spiro atoms. The van der Waals surface area contributed by atoms with E-state index in [9.17, 15) is 13.2 Å². The Bertz CT molecular complexity index is 1190. The summed E-state index contributed by atoms with van der Waals surface area (Å²) in [6.07, 6.45) is 0.718. The van der Waals surface area contributed by atoms with Crippen LogP contribution >= 0.6 is 11.6 Å². The molecule has 0 aliphatic heterocycles. The van der Waals surface area contributed by atoms with E-state index in [2.05, 4.69) is 10.3 Å². The van der Waals surface area contributed by atoms with Crippen LogP contribution in [0.4, 0.5) is 0 Å². The molecule has 3 aromatic rings. The second-order valence-corrected chi connectivity index (χ2v) is 9.95. The van der Waals surface area contributed by atoms with E-state index in [0.717, 1.165) is 11.3 Å². The van der Waals surface area contributed by atoms with Gasteiger partial charge >= 0.3 is 0 Å². The third-order valence-corrected chi connectivity index (χ3v) is 7.04. The first-order valence-corrected chi connectivity index (χ1v) is 12.1. The average Bonchev–Trinajstić information content (AvgIpc) is 3.13. The SMILES string of the molecule is CCn1c(CCC(=O)NCCOc2ccc(Cl)cc2)nc2cc(S(=O)(=O)N(C)C)ccc21. The third-order valence-electron chi connectivity index (χ3n) is 4.98. The van der Waals surface area contributed by atoms with E-state index in [1.54, 1.807) is 42.5 Å². The molecule has 0 fully saturated rings. The second-order valence-electron chi connectivity index (χ2n) is 7.36. The van der Waals surface area contributed by atoms with Crippen molar-refractivity contribution in [2.75, 3.05) is 27.2 Å². The van der Waals surface area contributed by atoms with Crippen LogP contribution in [-0.4, -0.2) is 55.4 Å². The number of sulfonamides is 1. The number of carbonyl (C=O) groups is 1. The fourth-order valence-corrected chi connectivity index (χ4v) is 4.33. The maximum absolute atomic E-state index is 12.4. The number of carbonyl (C=O) groups excluding carboxylic acids is 1. The molecule has 1 heterocycles. The van der Waals surface area contributed by atoms with Crippen LogP contribution in [0.1, 0.15) is 19.2 Å². The van der Waals surface area contributed by atoms with Gasteiger partial charge in [0.2, 0.25) is 15.9 Å². The van der Waals surface area contributed by atoms with Crippen LogP contribution in [0.3, 0.4) is 0 Å². The van der Waals surface area contributed by atoms with Crippen molar-refractivity contribution in [3.63, 3.8) is 0 Å². The van der Waals surface area contributed by atoms with Gasteiger partial charge in [-0.25, -0.2) is 17.7 Å². The standard InChI is InChI=1S/C22H27ClN4O4S/c1-4-27-20-10-9-18(32(29,30)26(2)3)15-19(20)25-21(27)11-12-22(28)24-13-14-31-17-7-5-16(23)6-8-17/h5-10,15H,4,11-14H2,1-3H3,(H,24,28). The van der Waals surface area contributed by atoms with E-state index in [1.807, 2.05) is 11.5 Å². The van der Waals surface area contributed by atoms with Crippen molar-refractivity contribution in [3.05, 3.63) is 53.3 Å². The van der Waals surface area contributed by atoms with E-state index in [4.69, 9.17) is 16.3 Å². The van der Waals surface area contributed by atoms with E-state index in [0.29, 0.717) is 42.4 Å². The summed E-state index contributed by atoms with van der Waals surface area (Å²) in [5.41, 5.74) is 1.44. The number of imidazole rings is 1. The summed E-state index contributed by atoms with van der Waals surface area (Å²) in [4.78, 5) is 17.0. The van der Waals surface area contributed by atoms with E-state index in [1.165, 1.54) is 18.4 Å². The van der Waals surface area contributed by atoms with Crippen molar-refractivity contribution in [3.8, 4) is 5.75 Å². The van der Waals surface area contributed by atoms with Gasteiger partial charge < -0.3 is 14.6 Å². The number of rotatable bonds is 10. The van der Waals surface area contributed by atoms with Crippen molar-refractivity contribution in [1.29, 1.82) is 0 Å². The molecule has 32 heavy (non-hydrogen) atoms. The third kappa shape index (κ3) is 5.59. The molecular formula is C22H27ClN4O4S. The first-order chi connectivity index (χ1) is 15.2. The number of benzene rings is 2. The minimum atomic E-state index is -3.54. The minimum Gasteiger partial charge on any atom is -0.492 e. The van der Waals surface area contributed by atoms with Crippen LogP contribution < -0.4 is 10.1 Å². The van der Waals surface area contributed by atoms with E-state index >= 15 is 0 Å². The Kier molecular flexibility index (Phi) is 7.76. The molecule has 1 aromatic heterocycles. The molecule has 172 valence electrons. The highest BCUT2D eigenvalue weighted by molar-refractivity contribution is 7.89. The lowest BCUT2D eigenvalue weighted by Gasteiger charge is -2.11. The van der Waals surface area contributed by atoms with Crippen molar-refractivity contribution >= 4 is 38.6 Å². The Morgan fingerprint density at radius 3 is 2.56 bits per heavy atom. The van der Waals surface area contributed by atoms with Crippen LogP contribution in [0.2, 0.25) is 5.02 Å². The molecule has 0 bridgehead atoms. The van der Waals surface area contributed by atoms with Gasteiger partial charge in [0.1, 0.15) is 18.2 Å². The lowest BCUT2D eigenvalue weighted by molar-refractivity contribution is -0.121. The number of nitrogens with zero attached hydrogens (tertiary/aromatic N) is 3. The van der Waals surface area contributed by atoms with Crippen molar-refractivity contribution in [2.24, 2.45) is 0 Å². The number of fused-ring (bicyclic) bond motifs is 1. The Morgan fingerprint density at radius 1 is 1.19 bits per heavy atom. The van der Waals surface area contributed by atoms with Gasteiger partial charge in [0, 0.05) is 38.5 Å². The quantitative estimate of drug-likeness (QED) is 0.452. The smallest absolute Gasteiger partial charge is 0.242 e. The van der Waals surface area contributed by atoms with Crippen molar-refractivity contribution < 1.29 is 17.9 Å². The summed E-state index contributed by atoms with van der Waals surface area (Å²) in [5.74, 6) is 1.33. The van der Waals surface area contributed by atoms with Gasteiger partial charge in [-0.3, -0.25) is 4.79 Å². The number of halogens is 1. The monoisotopic (exact) mass is 478 g/mol. The summed E-state index contributed by atoms with van der Waals surface area (Å²) in [7, 11) is -0.548. The highest BCUT2D eigenvalue weighted by atomic mass is 35.5. The maximum atomic E-state index is 12.4. The van der Waals surface area contributed by atoms with Gasteiger partial charge in [0.15, 0.2) is 0 Å². The van der Waals surface area contributed by atoms with Crippen molar-refractivity contribution in [2.45, 2.75) is 31.2 Å². The second kappa shape index (κ2) is 10.3. The Hall–Kier alpha value is -2.62. The number of hydrogen-bond acceptors (Lipinski definition) is 5. The molecule has 0 aliphatic rings.